The Morgan fingerprint density at radius 3 is 2.77 bits per heavy atom. The molecule has 1 aliphatic heterocycles. The molecule has 1 atom stereocenters. The first-order valence-corrected chi connectivity index (χ1v) is 8.54. The van der Waals surface area contributed by atoms with E-state index >= 15 is 0 Å². The number of benzene rings is 2. The number of hydrogen-bond acceptors (Lipinski definition) is 3. The molecule has 26 heavy (non-hydrogen) atoms. The van der Waals surface area contributed by atoms with Crippen LogP contribution in [0, 0.1) is 25.2 Å². The van der Waals surface area contributed by atoms with Crippen molar-refractivity contribution in [1.29, 1.82) is 5.26 Å². The van der Waals surface area contributed by atoms with Crippen LogP contribution in [0.3, 0.4) is 0 Å². The lowest BCUT2D eigenvalue weighted by Crippen LogP contribution is -2.25. The van der Waals surface area contributed by atoms with Gasteiger partial charge in [-0.3, -0.25) is 4.79 Å². The Labute approximate surface area is 151 Å². The SMILES string of the molecule is Cc1ccccc1-n1nc(C)c2c1NC(=O)C[C@@H]2c1cccc(C#N)c1. The molecule has 5 heteroatoms. The summed E-state index contributed by atoms with van der Waals surface area (Å²) in [5.41, 5.74) is 5.49. The minimum absolute atomic E-state index is 0.0420. The van der Waals surface area contributed by atoms with E-state index in [0.717, 1.165) is 33.9 Å². The number of fused-ring (bicyclic) bond motifs is 1. The smallest absolute Gasteiger partial charge is 0.226 e. The highest BCUT2D eigenvalue weighted by atomic mass is 16.1. The van der Waals surface area contributed by atoms with Gasteiger partial charge in [-0.1, -0.05) is 30.3 Å². The summed E-state index contributed by atoms with van der Waals surface area (Å²) in [6.07, 6.45) is 0.349. The first-order valence-electron chi connectivity index (χ1n) is 8.54. The zero-order valence-corrected chi connectivity index (χ0v) is 14.7. The van der Waals surface area contributed by atoms with E-state index in [1.807, 2.05) is 61.0 Å². The average molecular weight is 342 g/mol. The van der Waals surface area contributed by atoms with Gasteiger partial charge in [0.15, 0.2) is 0 Å². The second-order valence-electron chi connectivity index (χ2n) is 6.59. The highest BCUT2D eigenvalue weighted by Gasteiger charge is 2.32. The fourth-order valence-electron chi connectivity index (χ4n) is 3.63. The fraction of sp³-hybridized carbons (Fsp3) is 0.190. The van der Waals surface area contributed by atoms with Crippen LogP contribution in [0.2, 0.25) is 0 Å². The van der Waals surface area contributed by atoms with Crippen molar-refractivity contribution in [3.05, 3.63) is 76.5 Å². The molecule has 0 unspecified atom stereocenters. The summed E-state index contributed by atoms with van der Waals surface area (Å²) in [5.74, 6) is 0.574. The molecule has 0 saturated heterocycles. The number of rotatable bonds is 2. The number of anilines is 1. The van der Waals surface area contributed by atoms with Gasteiger partial charge in [-0.15, -0.1) is 0 Å². The van der Waals surface area contributed by atoms with E-state index in [2.05, 4.69) is 11.4 Å². The van der Waals surface area contributed by atoms with Crippen LogP contribution < -0.4 is 5.32 Å². The van der Waals surface area contributed by atoms with Crippen molar-refractivity contribution in [1.82, 2.24) is 9.78 Å². The fourth-order valence-corrected chi connectivity index (χ4v) is 3.63. The average Bonchev–Trinajstić information content (AvgIpc) is 2.98. The Balaban J connectivity index is 1.90. The molecule has 0 bridgehead atoms. The molecule has 1 N–H and O–H groups in total. The molecule has 1 aromatic heterocycles. The van der Waals surface area contributed by atoms with Crippen LogP contribution in [0.5, 0.6) is 0 Å². The van der Waals surface area contributed by atoms with Gasteiger partial charge in [0, 0.05) is 17.9 Å². The van der Waals surface area contributed by atoms with Crippen LogP contribution in [0.15, 0.2) is 48.5 Å². The molecule has 0 spiro atoms. The second kappa shape index (κ2) is 6.16. The predicted octanol–water partition coefficient (Wildman–Crippen LogP) is 3.83. The standard InChI is InChI=1S/C21H18N4O/c1-13-6-3-4-9-18(13)25-21-20(14(2)24-25)17(11-19(26)23-21)16-8-5-7-15(10-16)12-22/h3-10,17H,11H2,1-2H3,(H,23,26)/t17-/m1/s1. The lowest BCUT2D eigenvalue weighted by molar-refractivity contribution is -0.116. The largest absolute Gasteiger partial charge is 0.310 e. The highest BCUT2D eigenvalue weighted by molar-refractivity contribution is 5.95. The van der Waals surface area contributed by atoms with Gasteiger partial charge in [-0.2, -0.15) is 10.4 Å². The minimum atomic E-state index is -0.107. The van der Waals surface area contributed by atoms with Crippen molar-refractivity contribution in [3.63, 3.8) is 0 Å². The minimum Gasteiger partial charge on any atom is -0.310 e. The highest BCUT2D eigenvalue weighted by Crippen LogP contribution is 2.40. The third kappa shape index (κ3) is 2.56. The van der Waals surface area contributed by atoms with E-state index in [1.54, 1.807) is 6.07 Å². The molecular weight excluding hydrogens is 324 g/mol. The van der Waals surface area contributed by atoms with Crippen LogP contribution in [0.4, 0.5) is 5.82 Å². The number of carbonyl (C=O) groups is 1. The molecule has 0 aliphatic carbocycles. The summed E-state index contributed by atoms with van der Waals surface area (Å²) in [6, 6.07) is 17.6. The van der Waals surface area contributed by atoms with Crippen LogP contribution in [0.1, 0.15) is 40.3 Å². The van der Waals surface area contributed by atoms with Gasteiger partial charge >= 0.3 is 0 Å². The molecule has 0 fully saturated rings. The van der Waals surface area contributed by atoms with Gasteiger partial charge in [0.05, 0.1) is 23.0 Å². The van der Waals surface area contributed by atoms with E-state index in [1.165, 1.54) is 0 Å². The Kier molecular flexibility index (Phi) is 3.81. The quantitative estimate of drug-likeness (QED) is 0.769. The van der Waals surface area contributed by atoms with Crippen LogP contribution >= 0.6 is 0 Å². The van der Waals surface area contributed by atoms with Crippen molar-refractivity contribution in [2.45, 2.75) is 26.2 Å². The van der Waals surface area contributed by atoms with Crippen LogP contribution in [-0.2, 0) is 4.79 Å². The molecule has 4 rings (SSSR count). The zero-order chi connectivity index (χ0) is 18.3. The van der Waals surface area contributed by atoms with Crippen LogP contribution in [-0.4, -0.2) is 15.7 Å². The maximum atomic E-state index is 12.4. The van der Waals surface area contributed by atoms with Crippen molar-refractivity contribution < 1.29 is 4.79 Å². The third-order valence-corrected chi connectivity index (χ3v) is 4.86. The normalized spacial score (nSPS) is 15.9. The lowest BCUT2D eigenvalue weighted by Gasteiger charge is -2.24. The van der Waals surface area contributed by atoms with Crippen molar-refractivity contribution >= 4 is 11.7 Å². The van der Waals surface area contributed by atoms with E-state index < -0.39 is 0 Å². The predicted molar refractivity (Wildman–Crippen MR) is 99.3 cm³/mol. The third-order valence-electron chi connectivity index (χ3n) is 4.86. The van der Waals surface area contributed by atoms with E-state index in [4.69, 9.17) is 5.10 Å². The molecule has 2 aromatic carbocycles. The molecular formula is C21H18N4O. The van der Waals surface area contributed by atoms with Gasteiger partial charge in [0.1, 0.15) is 5.82 Å². The van der Waals surface area contributed by atoms with Crippen molar-refractivity contribution in [2.24, 2.45) is 0 Å². The number of nitrogens with zero attached hydrogens (tertiary/aromatic N) is 3. The first-order chi connectivity index (χ1) is 12.6. The summed E-state index contributed by atoms with van der Waals surface area (Å²) >= 11 is 0. The maximum Gasteiger partial charge on any atom is 0.226 e. The Bertz CT molecular complexity index is 1060. The monoisotopic (exact) mass is 342 g/mol. The number of carbonyl (C=O) groups excluding carboxylic acids is 1. The van der Waals surface area contributed by atoms with Crippen molar-refractivity contribution in [2.75, 3.05) is 5.32 Å². The first kappa shape index (κ1) is 16.1. The molecule has 5 nitrogen and oxygen atoms in total. The van der Waals surface area contributed by atoms with Gasteiger partial charge in [-0.25, -0.2) is 4.68 Å². The molecule has 128 valence electrons. The number of aryl methyl sites for hydroxylation is 2. The summed E-state index contributed by atoms with van der Waals surface area (Å²) in [4.78, 5) is 12.4. The van der Waals surface area contributed by atoms with E-state index in [-0.39, 0.29) is 11.8 Å². The summed E-state index contributed by atoms with van der Waals surface area (Å²) < 4.78 is 1.82. The topological polar surface area (TPSA) is 70.7 Å². The summed E-state index contributed by atoms with van der Waals surface area (Å²) in [7, 11) is 0. The molecule has 2 heterocycles. The lowest BCUT2D eigenvalue weighted by atomic mass is 9.85. The summed E-state index contributed by atoms with van der Waals surface area (Å²) in [6.45, 7) is 3.99. The number of hydrogen-bond donors (Lipinski definition) is 1. The number of para-hydroxylation sites is 1. The summed E-state index contributed by atoms with van der Waals surface area (Å²) in [5, 5.41) is 16.9. The van der Waals surface area contributed by atoms with E-state index in [0.29, 0.717) is 12.0 Å². The molecule has 3 aromatic rings. The molecule has 1 amide bonds. The van der Waals surface area contributed by atoms with Gasteiger partial charge < -0.3 is 5.32 Å². The number of nitrogens with one attached hydrogen (secondary N) is 1. The van der Waals surface area contributed by atoms with Gasteiger partial charge in [0.25, 0.3) is 0 Å². The molecule has 1 aliphatic rings. The molecule has 0 saturated carbocycles. The van der Waals surface area contributed by atoms with Gasteiger partial charge in [-0.05, 0) is 43.2 Å². The van der Waals surface area contributed by atoms with Crippen molar-refractivity contribution in [3.8, 4) is 11.8 Å². The van der Waals surface area contributed by atoms with Gasteiger partial charge in [0.2, 0.25) is 5.91 Å². The number of nitriles is 1. The Morgan fingerprint density at radius 2 is 2.00 bits per heavy atom. The maximum absolute atomic E-state index is 12.4. The number of aromatic nitrogens is 2. The molecule has 0 radical (unpaired) electrons. The zero-order valence-electron chi connectivity index (χ0n) is 14.7. The Hall–Kier alpha value is -3.39. The second-order valence-corrected chi connectivity index (χ2v) is 6.59. The number of amides is 1. The van der Waals surface area contributed by atoms with E-state index in [9.17, 15) is 10.1 Å². The Morgan fingerprint density at radius 1 is 1.19 bits per heavy atom. The van der Waals surface area contributed by atoms with Crippen LogP contribution in [0.25, 0.3) is 5.69 Å².